The SMILES string of the molecule is O=C1CN(Cc2ccccc2)Cc2c(cccc2C(=O)NCc2cccc(CN3CCOCC3)c2)OCCCCCN1. The first-order valence-electron chi connectivity index (χ1n) is 15.1. The highest BCUT2D eigenvalue weighted by atomic mass is 16.5. The number of ether oxygens (including phenoxy) is 2. The van der Waals surface area contributed by atoms with Crippen LogP contribution in [-0.2, 0) is 35.7 Å². The lowest BCUT2D eigenvalue weighted by atomic mass is 10.0. The van der Waals surface area contributed by atoms with E-state index in [1.807, 2.05) is 42.5 Å². The molecule has 0 spiro atoms. The van der Waals surface area contributed by atoms with Gasteiger partial charge in [0.25, 0.3) is 5.91 Å². The maximum atomic E-state index is 13.7. The maximum absolute atomic E-state index is 13.7. The predicted molar refractivity (Wildman–Crippen MR) is 163 cm³/mol. The van der Waals surface area contributed by atoms with Gasteiger partial charge in [0.15, 0.2) is 0 Å². The smallest absolute Gasteiger partial charge is 0.252 e. The number of carbonyl (C=O) groups excluding carboxylic acids is 2. The van der Waals surface area contributed by atoms with E-state index in [9.17, 15) is 9.59 Å². The topological polar surface area (TPSA) is 83.1 Å². The summed E-state index contributed by atoms with van der Waals surface area (Å²) in [5.41, 5.74) is 4.77. The molecule has 0 atom stereocenters. The van der Waals surface area contributed by atoms with Gasteiger partial charge in [-0.25, -0.2) is 0 Å². The van der Waals surface area contributed by atoms with Gasteiger partial charge < -0.3 is 20.1 Å². The number of hydrogen-bond acceptors (Lipinski definition) is 6. The third kappa shape index (κ3) is 8.89. The number of fused-ring (bicyclic) bond motifs is 1. The van der Waals surface area contributed by atoms with Crippen molar-refractivity contribution >= 4 is 11.8 Å². The van der Waals surface area contributed by atoms with Crippen LogP contribution in [0.2, 0.25) is 0 Å². The van der Waals surface area contributed by atoms with Crippen LogP contribution >= 0.6 is 0 Å². The summed E-state index contributed by atoms with van der Waals surface area (Å²) < 4.78 is 11.7. The van der Waals surface area contributed by atoms with Crippen LogP contribution in [0.3, 0.4) is 0 Å². The monoisotopic (exact) mass is 570 g/mol. The molecule has 1 saturated heterocycles. The molecule has 0 aromatic heterocycles. The van der Waals surface area contributed by atoms with Crippen LogP contribution in [-0.4, -0.2) is 67.6 Å². The third-order valence-corrected chi connectivity index (χ3v) is 7.73. The van der Waals surface area contributed by atoms with Gasteiger partial charge in [0, 0.05) is 56.9 Å². The summed E-state index contributed by atoms with van der Waals surface area (Å²) in [7, 11) is 0. The van der Waals surface area contributed by atoms with Gasteiger partial charge in [0.05, 0.1) is 26.4 Å². The van der Waals surface area contributed by atoms with Crippen molar-refractivity contribution in [3.63, 3.8) is 0 Å². The molecule has 2 aliphatic heterocycles. The van der Waals surface area contributed by atoms with Crippen molar-refractivity contribution in [2.75, 3.05) is 46.0 Å². The molecule has 0 saturated carbocycles. The number of benzene rings is 3. The number of carbonyl (C=O) groups is 2. The molecule has 8 nitrogen and oxygen atoms in total. The summed E-state index contributed by atoms with van der Waals surface area (Å²) in [6, 6.07) is 24.2. The summed E-state index contributed by atoms with van der Waals surface area (Å²) in [4.78, 5) is 31.0. The summed E-state index contributed by atoms with van der Waals surface area (Å²) in [5.74, 6) is 0.543. The molecule has 2 heterocycles. The lowest BCUT2D eigenvalue weighted by molar-refractivity contribution is -0.122. The molecule has 1 fully saturated rings. The Labute approximate surface area is 249 Å². The van der Waals surface area contributed by atoms with Gasteiger partial charge in [-0.05, 0) is 48.1 Å². The van der Waals surface area contributed by atoms with E-state index in [0.717, 1.165) is 68.8 Å². The highest BCUT2D eigenvalue weighted by Gasteiger charge is 2.21. The second kappa shape index (κ2) is 15.5. The van der Waals surface area contributed by atoms with Crippen molar-refractivity contribution in [3.05, 3.63) is 101 Å². The lowest BCUT2D eigenvalue weighted by Crippen LogP contribution is -2.37. The van der Waals surface area contributed by atoms with Gasteiger partial charge in [-0.2, -0.15) is 0 Å². The molecular weight excluding hydrogens is 528 g/mol. The van der Waals surface area contributed by atoms with Gasteiger partial charge in [0.1, 0.15) is 5.75 Å². The number of nitrogens with zero attached hydrogens (tertiary/aromatic N) is 2. The normalized spacial score (nSPS) is 17.5. The van der Waals surface area contributed by atoms with E-state index in [1.54, 1.807) is 0 Å². The quantitative estimate of drug-likeness (QED) is 0.445. The van der Waals surface area contributed by atoms with Gasteiger partial charge in [-0.1, -0.05) is 60.7 Å². The number of nitrogens with one attached hydrogen (secondary N) is 2. The largest absolute Gasteiger partial charge is 0.493 e. The number of morpholine rings is 1. The van der Waals surface area contributed by atoms with Crippen LogP contribution in [0.1, 0.15) is 51.9 Å². The van der Waals surface area contributed by atoms with Gasteiger partial charge >= 0.3 is 0 Å². The van der Waals surface area contributed by atoms with Crippen LogP contribution in [0.25, 0.3) is 0 Å². The zero-order valence-electron chi connectivity index (χ0n) is 24.4. The fourth-order valence-electron chi connectivity index (χ4n) is 5.52. The van der Waals surface area contributed by atoms with E-state index < -0.39 is 0 Å². The first-order chi connectivity index (χ1) is 20.6. The van der Waals surface area contributed by atoms with Crippen LogP contribution in [0.5, 0.6) is 5.75 Å². The molecule has 8 heteroatoms. The molecule has 3 aromatic rings. The maximum Gasteiger partial charge on any atom is 0.252 e. The zero-order chi connectivity index (χ0) is 29.0. The Morgan fingerprint density at radius 1 is 0.786 bits per heavy atom. The standard InChI is InChI=1S/C34H42N4O4/c39-33-26-38(23-27-9-3-1-4-10-27)25-31-30(13-8-14-32(31)42-18-6-2-5-15-35-33)34(40)36-22-28-11-7-12-29(21-28)24-37-16-19-41-20-17-37/h1,3-4,7-14,21H,2,5-6,15-20,22-26H2,(H,35,39)(H,36,40). The van der Waals surface area contributed by atoms with E-state index in [2.05, 4.69) is 50.8 Å². The highest BCUT2D eigenvalue weighted by Crippen LogP contribution is 2.26. The van der Waals surface area contributed by atoms with E-state index >= 15 is 0 Å². The third-order valence-electron chi connectivity index (χ3n) is 7.73. The molecule has 222 valence electrons. The molecule has 0 aliphatic carbocycles. The number of amides is 2. The zero-order valence-corrected chi connectivity index (χ0v) is 24.4. The molecule has 0 unspecified atom stereocenters. The second-order valence-electron chi connectivity index (χ2n) is 11.1. The van der Waals surface area contributed by atoms with Gasteiger partial charge in [-0.3, -0.25) is 19.4 Å². The molecule has 2 N–H and O–H groups in total. The molecule has 2 aliphatic rings. The summed E-state index contributed by atoms with van der Waals surface area (Å²) in [6.07, 6.45) is 2.77. The van der Waals surface area contributed by atoms with Crippen molar-refractivity contribution in [2.45, 2.75) is 45.4 Å². The minimum atomic E-state index is -0.150. The Kier molecular flexibility index (Phi) is 11.0. The van der Waals surface area contributed by atoms with Crippen LogP contribution in [0.4, 0.5) is 0 Å². The summed E-state index contributed by atoms with van der Waals surface area (Å²) in [6.45, 7) is 7.18. The van der Waals surface area contributed by atoms with Crippen molar-refractivity contribution < 1.29 is 19.1 Å². The Hall–Kier alpha value is -3.72. The Balaban J connectivity index is 1.33. The molecule has 0 radical (unpaired) electrons. The van der Waals surface area contributed by atoms with Crippen molar-refractivity contribution in [1.29, 1.82) is 0 Å². The van der Waals surface area contributed by atoms with Gasteiger partial charge in [0.2, 0.25) is 5.91 Å². The fraction of sp³-hybridized carbons (Fsp3) is 0.412. The molecule has 42 heavy (non-hydrogen) atoms. The van der Waals surface area contributed by atoms with Crippen LogP contribution < -0.4 is 15.4 Å². The van der Waals surface area contributed by atoms with E-state index in [0.29, 0.717) is 44.1 Å². The molecule has 3 aromatic carbocycles. The minimum absolute atomic E-state index is 0.00783. The first-order valence-corrected chi connectivity index (χ1v) is 15.1. The fourth-order valence-corrected chi connectivity index (χ4v) is 5.52. The molecular formula is C34H42N4O4. The Bertz CT molecular complexity index is 1310. The van der Waals surface area contributed by atoms with E-state index in [1.165, 1.54) is 5.56 Å². The van der Waals surface area contributed by atoms with Crippen LogP contribution in [0, 0.1) is 0 Å². The highest BCUT2D eigenvalue weighted by molar-refractivity contribution is 5.96. The van der Waals surface area contributed by atoms with Crippen LogP contribution in [0.15, 0.2) is 72.8 Å². The molecule has 5 rings (SSSR count). The van der Waals surface area contributed by atoms with Crippen molar-refractivity contribution in [2.24, 2.45) is 0 Å². The second-order valence-corrected chi connectivity index (χ2v) is 11.1. The molecule has 0 bridgehead atoms. The Morgan fingerprint density at radius 3 is 2.40 bits per heavy atom. The average molecular weight is 571 g/mol. The number of hydrogen-bond donors (Lipinski definition) is 2. The van der Waals surface area contributed by atoms with Crippen molar-refractivity contribution in [1.82, 2.24) is 20.4 Å². The average Bonchev–Trinajstić information content (AvgIpc) is 3.02. The first kappa shape index (κ1) is 29.8. The predicted octanol–water partition coefficient (Wildman–Crippen LogP) is 4.13. The van der Waals surface area contributed by atoms with E-state index in [-0.39, 0.29) is 18.4 Å². The number of rotatable bonds is 7. The summed E-state index contributed by atoms with van der Waals surface area (Å²) in [5, 5.41) is 6.20. The minimum Gasteiger partial charge on any atom is -0.493 e. The van der Waals surface area contributed by atoms with Crippen molar-refractivity contribution in [3.8, 4) is 5.75 Å². The summed E-state index contributed by atoms with van der Waals surface area (Å²) >= 11 is 0. The van der Waals surface area contributed by atoms with Gasteiger partial charge in [-0.15, -0.1) is 0 Å². The van der Waals surface area contributed by atoms with E-state index in [4.69, 9.17) is 9.47 Å². The lowest BCUT2D eigenvalue weighted by Gasteiger charge is -2.26. The Morgan fingerprint density at radius 2 is 1.55 bits per heavy atom. The molecule has 2 amide bonds.